The lowest BCUT2D eigenvalue weighted by Gasteiger charge is -2.21. The highest BCUT2D eigenvalue weighted by molar-refractivity contribution is 9.11. The maximum atomic E-state index is 12.5. The Morgan fingerprint density at radius 3 is 2.70 bits per heavy atom. The van der Waals surface area contributed by atoms with E-state index < -0.39 is 5.25 Å². The smallest absolute Gasteiger partial charge is 0.238 e. The predicted molar refractivity (Wildman–Crippen MR) is 116 cm³/mol. The number of amides is 2. The van der Waals surface area contributed by atoms with Gasteiger partial charge >= 0.3 is 0 Å². The van der Waals surface area contributed by atoms with Gasteiger partial charge in [0.15, 0.2) is 5.17 Å². The third kappa shape index (κ3) is 5.65. The molecule has 1 aliphatic rings. The lowest BCUT2D eigenvalue weighted by Crippen LogP contribution is -2.41. The van der Waals surface area contributed by atoms with Crippen molar-refractivity contribution in [2.45, 2.75) is 18.6 Å². The van der Waals surface area contributed by atoms with Crippen molar-refractivity contribution in [2.24, 2.45) is 10.2 Å². The van der Waals surface area contributed by atoms with Gasteiger partial charge in [0.2, 0.25) is 11.8 Å². The summed E-state index contributed by atoms with van der Waals surface area (Å²) in [5.74, 6) is -0.539. The summed E-state index contributed by atoms with van der Waals surface area (Å²) >= 11 is 12.0. The Bertz CT molecular complexity index is 927. The number of anilines is 1. The molecule has 0 aliphatic carbocycles. The summed E-state index contributed by atoms with van der Waals surface area (Å²) in [6.07, 6.45) is 0.0731. The van der Waals surface area contributed by atoms with Crippen LogP contribution in [0.3, 0.4) is 0 Å². The van der Waals surface area contributed by atoms with Gasteiger partial charge in [-0.2, -0.15) is 5.10 Å². The number of hydrogen-bond donors (Lipinski definition) is 2. The molecule has 1 saturated heterocycles. The van der Waals surface area contributed by atoms with E-state index in [-0.39, 0.29) is 18.2 Å². The number of benzene rings is 1. The van der Waals surface area contributed by atoms with E-state index in [4.69, 9.17) is 11.6 Å². The van der Waals surface area contributed by atoms with E-state index in [0.29, 0.717) is 15.9 Å². The average Bonchev–Trinajstić information content (AvgIpc) is 3.07. The van der Waals surface area contributed by atoms with Gasteiger partial charge in [0.1, 0.15) is 5.25 Å². The van der Waals surface area contributed by atoms with Crippen LogP contribution in [0.5, 0.6) is 0 Å². The van der Waals surface area contributed by atoms with Gasteiger partial charge < -0.3 is 10.6 Å². The molecule has 1 aliphatic heterocycles. The van der Waals surface area contributed by atoms with E-state index in [1.165, 1.54) is 23.1 Å². The van der Waals surface area contributed by atoms with Gasteiger partial charge in [0.05, 0.1) is 14.4 Å². The second-order valence-corrected chi connectivity index (χ2v) is 9.64. The summed E-state index contributed by atoms with van der Waals surface area (Å²) in [4.78, 5) is 25.4. The van der Waals surface area contributed by atoms with Crippen LogP contribution >= 0.6 is 50.6 Å². The Balaban J connectivity index is 1.68. The summed E-state index contributed by atoms with van der Waals surface area (Å²) in [7, 11) is 0. The standard InChI is InChI=1S/C17H14BrClN4O2S2/c1-9(12-6-7-14(18)26-12)22-23-17-21-15(24)8-13(27-17)16(25)20-11-4-2-10(19)3-5-11/h2-7,13H,8H2,1H3,(H,20,25)(H,21,23,24)/b22-9-/t13-/m1/s1. The van der Waals surface area contributed by atoms with E-state index in [1.54, 1.807) is 24.3 Å². The number of carbonyl (C=O) groups is 2. The van der Waals surface area contributed by atoms with Crippen molar-refractivity contribution in [2.75, 3.05) is 5.32 Å². The summed E-state index contributed by atoms with van der Waals surface area (Å²) < 4.78 is 0.999. The second kappa shape index (κ2) is 9.01. The normalized spacial score (nSPS) is 19.1. The summed E-state index contributed by atoms with van der Waals surface area (Å²) in [6.45, 7) is 1.84. The third-order valence-electron chi connectivity index (χ3n) is 3.50. The molecule has 3 rings (SSSR count). The van der Waals surface area contributed by atoms with Crippen molar-refractivity contribution < 1.29 is 9.59 Å². The fraction of sp³-hybridized carbons (Fsp3) is 0.176. The molecule has 2 heterocycles. The lowest BCUT2D eigenvalue weighted by molar-refractivity contribution is -0.123. The van der Waals surface area contributed by atoms with Crippen molar-refractivity contribution in [3.8, 4) is 0 Å². The van der Waals surface area contributed by atoms with E-state index in [2.05, 4.69) is 36.8 Å². The van der Waals surface area contributed by atoms with Gasteiger partial charge in [-0.3, -0.25) is 9.59 Å². The first kappa shape index (κ1) is 20.1. The quantitative estimate of drug-likeness (QED) is 0.494. The highest BCUT2D eigenvalue weighted by Crippen LogP contribution is 2.24. The van der Waals surface area contributed by atoms with E-state index in [9.17, 15) is 9.59 Å². The van der Waals surface area contributed by atoms with Crippen LogP contribution in [0.2, 0.25) is 5.02 Å². The molecule has 1 aromatic carbocycles. The van der Waals surface area contributed by atoms with Gasteiger partial charge in [-0.05, 0) is 59.3 Å². The van der Waals surface area contributed by atoms with Crippen LogP contribution < -0.4 is 10.6 Å². The fourth-order valence-corrected chi connectivity index (χ4v) is 4.56. The summed E-state index contributed by atoms with van der Waals surface area (Å²) in [6, 6.07) is 10.6. The fourth-order valence-electron chi connectivity index (χ4n) is 2.17. The zero-order chi connectivity index (χ0) is 19.4. The third-order valence-corrected chi connectivity index (χ3v) is 6.55. The topological polar surface area (TPSA) is 82.9 Å². The van der Waals surface area contributed by atoms with Gasteiger partial charge in [-0.25, -0.2) is 0 Å². The molecule has 1 atom stereocenters. The Kier molecular flexibility index (Phi) is 6.69. The molecule has 0 unspecified atom stereocenters. The van der Waals surface area contributed by atoms with Crippen LogP contribution in [0.1, 0.15) is 18.2 Å². The Hall–Kier alpha value is -1.68. The number of amidine groups is 1. The van der Waals surface area contributed by atoms with Crippen LogP contribution in [-0.2, 0) is 9.59 Å². The Morgan fingerprint density at radius 2 is 2.04 bits per heavy atom. The minimum absolute atomic E-state index is 0.0731. The minimum atomic E-state index is -0.584. The average molecular weight is 486 g/mol. The highest BCUT2D eigenvalue weighted by Gasteiger charge is 2.30. The number of nitrogens with one attached hydrogen (secondary N) is 2. The van der Waals surface area contributed by atoms with Crippen molar-refractivity contribution in [3.63, 3.8) is 0 Å². The molecule has 10 heteroatoms. The summed E-state index contributed by atoms with van der Waals surface area (Å²) in [5, 5.41) is 14.0. The first-order chi connectivity index (χ1) is 12.9. The first-order valence-corrected chi connectivity index (χ1v) is 10.7. The van der Waals surface area contributed by atoms with Crippen molar-refractivity contribution in [3.05, 3.63) is 50.1 Å². The molecule has 27 heavy (non-hydrogen) atoms. The Labute approximate surface area is 177 Å². The van der Waals surface area contributed by atoms with Crippen molar-refractivity contribution >= 4 is 79.0 Å². The van der Waals surface area contributed by atoms with Crippen molar-refractivity contribution in [1.82, 2.24) is 5.32 Å². The predicted octanol–water partition coefficient (Wildman–Crippen LogP) is 4.50. The van der Waals surface area contributed by atoms with Gasteiger partial charge in [0.25, 0.3) is 0 Å². The van der Waals surface area contributed by atoms with E-state index in [1.807, 2.05) is 19.1 Å². The largest absolute Gasteiger partial charge is 0.325 e. The van der Waals surface area contributed by atoms with Crippen LogP contribution in [-0.4, -0.2) is 27.9 Å². The van der Waals surface area contributed by atoms with Crippen molar-refractivity contribution in [1.29, 1.82) is 0 Å². The molecule has 140 valence electrons. The second-order valence-electron chi connectivity index (χ2n) is 5.55. The molecular formula is C17H14BrClN4O2S2. The molecule has 0 radical (unpaired) electrons. The molecule has 1 fully saturated rings. The van der Waals surface area contributed by atoms with Gasteiger partial charge in [-0.1, -0.05) is 23.4 Å². The highest BCUT2D eigenvalue weighted by atomic mass is 79.9. The molecule has 2 N–H and O–H groups in total. The van der Waals surface area contributed by atoms with Gasteiger partial charge in [0, 0.05) is 17.1 Å². The molecule has 0 bridgehead atoms. The number of thiophene rings is 1. The SMILES string of the molecule is C/C(=N/N=C1/NC(=O)C[C@H](C(=O)Nc2ccc(Cl)cc2)S1)c1ccc(Br)s1. The number of hydrogen-bond acceptors (Lipinski definition) is 6. The minimum Gasteiger partial charge on any atom is -0.325 e. The molecule has 0 spiro atoms. The van der Waals surface area contributed by atoms with E-state index in [0.717, 1.165) is 14.4 Å². The molecule has 6 nitrogen and oxygen atoms in total. The first-order valence-electron chi connectivity index (χ1n) is 7.81. The molecule has 2 amide bonds. The zero-order valence-corrected chi connectivity index (χ0v) is 18.0. The number of rotatable bonds is 4. The number of carbonyl (C=O) groups excluding carboxylic acids is 2. The molecule has 1 aromatic heterocycles. The number of halogens is 2. The maximum absolute atomic E-state index is 12.5. The number of nitrogens with zero attached hydrogens (tertiary/aromatic N) is 2. The maximum Gasteiger partial charge on any atom is 0.238 e. The van der Waals surface area contributed by atoms with Crippen LogP contribution in [0.15, 0.2) is 50.4 Å². The van der Waals surface area contributed by atoms with Gasteiger partial charge in [-0.15, -0.1) is 16.4 Å². The van der Waals surface area contributed by atoms with E-state index >= 15 is 0 Å². The van der Waals surface area contributed by atoms with Crippen LogP contribution in [0.4, 0.5) is 5.69 Å². The molecule has 0 saturated carbocycles. The molecule has 2 aromatic rings. The zero-order valence-electron chi connectivity index (χ0n) is 14.0. The summed E-state index contributed by atoms with van der Waals surface area (Å²) in [5.41, 5.74) is 1.34. The lowest BCUT2D eigenvalue weighted by atomic mass is 10.2. The Morgan fingerprint density at radius 1 is 1.30 bits per heavy atom. The monoisotopic (exact) mass is 484 g/mol. The van der Waals surface area contributed by atoms with Crippen LogP contribution in [0, 0.1) is 0 Å². The van der Waals surface area contributed by atoms with Crippen LogP contribution in [0.25, 0.3) is 0 Å². The molecular weight excluding hydrogens is 472 g/mol. The number of thioether (sulfide) groups is 1.